The number of Topliss-reactive ketones (excluding diaryl/α,β-unsaturated/α-hetero) is 1. The van der Waals surface area contributed by atoms with Gasteiger partial charge < -0.3 is 35.0 Å². The van der Waals surface area contributed by atoms with Gasteiger partial charge in [-0.15, -0.1) is 0 Å². The van der Waals surface area contributed by atoms with Crippen molar-refractivity contribution in [2.45, 2.75) is 37.6 Å². The number of carbonyl (C=O) groups is 1. The van der Waals surface area contributed by atoms with Crippen LogP contribution < -0.4 is 4.74 Å². The van der Waals surface area contributed by atoms with Crippen molar-refractivity contribution >= 4 is 5.78 Å². The average molecular weight is 314 g/mol. The summed E-state index contributed by atoms with van der Waals surface area (Å²) in [5, 5.41) is 47.8. The highest BCUT2D eigenvalue weighted by Gasteiger charge is 2.44. The van der Waals surface area contributed by atoms with E-state index in [4.69, 9.17) is 14.6 Å². The first kappa shape index (κ1) is 16.7. The number of hydrogen-bond acceptors (Lipinski definition) is 8. The molecule has 0 amide bonds. The maximum atomic E-state index is 11.6. The summed E-state index contributed by atoms with van der Waals surface area (Å²) >= 11 is 0. The maximum Gasteiger partial charge on any atom is 0.229 e. The quantitative estimate of drug-likeness (QED) is 0.436. The third kappa shape index (κ3) is 3.21. The van der Waals surface area contributed by atoms with Gasteiger partial charge in [-0.25, -0.2) is 0 Å². The largest absolute Gasteiger partial charge is 0.508 e. The van der Waals surface area contributed by atoms with E-state index in [0.29, 0.717) is 0 Å². The number of ether oxygens (including phenoxy) is 2. The van der Waals surface area contributed by atoms with E-state index in [-0.39, 0.29) is 22.8 Å². The van der Waals surface area contributed by atoms with E-state index in [1.165, 1.54) is 25.1 Å². The molecule has 1 heterocycles. The Balaban J connectivity index is 2.24. The summed E-state index contributed by atoms with van der Waals surface area (Å²) in [6.07, 6.45) is -7.15. The van der Waals surface area contributed by atoms with Gasteiger partial charge in [0.1, 0.15) is 35.9 Å². The summed E-state index contributed by atoms with van der Waals surface area (Å²) in [5.41, 5.74) is 0.0666. The molecule has 0 radical (unpaired) electrons. The van der Waals surface area contributed by atoms with Crippen molar-refractivity contribution in [3.05, 3.63) is 23.8 Å². The average Bonchev–Trinajstić information content (AvgIpc) is 2.49. The minimum atomic E-state index is -1.58. The zero-order chi connectivity index (χ0) is 16.4. The molecule has 122 valence electrons. The molecule has 0 aliphatic carbocycles. The predicted octanol–water partition coefficient (Wildman–Crippen LogP) is -1.23. The van der Waals surface area contributed by atoms with Gasteiger partial charge in [-0.3, -0.25) is 4.79 Å². The second-order valence-electron chi connectivity index (χ2n) is 5.05. The molecule has 0 bridgehead atoms. The molecule has 0 saturated carbocycles. The number of ketones is 1. The smallest absolute Gasteiger partial charge is 0.229 e. The van der Waals surface area contributed by atoms with E-state index in [2.05, 4.69) is 0 Å². The first-order valence-electron chi connectivity index (χ1n) is 6.66. The van der Waals surface area contributed by atoms with Gasteiger partial charge in [-0.2, -0.15) is 0 Å². The second kappa shape index (κ2) is 6.59. The van der Waals surface area contributed by atoms with Gasteiger partial charge in [0, 0.05) is 0 Å². The van der Waals surface area contributed by atoms with E-state index < -0.39 is 37.3 Å². The Morgan fingerprint density at radius 2 is 1.91 bits per heavy atom. The van der Waals surface area contributed by atoms with E-state index in [9.17, 15) is 25.2 Å². The summed E-state index contributed by atoms with van der Waals surface area (Å²) in [6.45, 7) is 0.689. The fourth-order valence-corrected chi connectivity index (χ4v) is 2.19. The Bertz CT molecular complexity index is 544. The Labute approximate surface area is 126 Å². The fraction of sp³-hybridized carbons (Fsp3) is 0.500. The lowest BCUT2D eigenvalue weighted by molar-refractivity contribution is -0.277. The highest BCUT2D eigenvalue weighted by molar-refractivity contribution is 5.97. The van der Waals surface area contributed by atoms with Gasteiger partial charge in [0.2, 0.25) is 6.29 Å². The number of phenolic OH excluding ortho intramolecular Hbond substituents is 1. The summed E-state index contributed by atoms with van der Waals surface area (Å²) < 4.78 is 10.6. The van der Waals surface area contributed by atoms with Gasteiger partial charge in [-0.1, -0.05) is 0 Å². The standard InChI is InChI=1S/C14H18O8/c1-6(16)8-4-7(17)2-3-9(8)21-14-13(20)12(19)11(18)10(5-15)22-14/h2-4,10-15,17-20H,5H2,1H3/t10-,11-,12-,13+,14-/m1/s1. The molecule has 1 saturated heterocycles. The molecule has 1 aliphatic rings. The highest BCUT2D eigenvalue weighted by atomic mass is 16.7. The van der Waals surface area contributed by atoms with Crippen molar-refractivity contribution < 1.29 is 39.8 Å². The third-order valence-electron chi connectivity index (χ3n) is 3.43. The highest BCUT2D eigenvalue weighted by Crippen LogP contribution is 2.28. The molecule has 0 unspecified atom stereocenters. The van der Waals surface area contributed by atoms with E-state index >= 15 is 0 Å². The lowest BCUT2D eigenvalue weighted by Gasteiger charge is -2.39. The SMILES string of the molecule is CC(=O)c1cc(O)ccc1O[C@@H]1O[C@H](CO)[C@@H](O)[C@@H](O)[C@@H]1O. The summed E-state index contributed by atoms with van der Waals surface area (Å²) in [4.78, 5) is 11.6. The van der Waals surface area contributed by atoms with Crippen molar-refractivity contribution in [2.75, 3.05) is 6.61 Å². The molecule has 5 N–H and O–H groups in total. The van der Waals surface area contributed by atoms with Crippen LogP contribution in [-0.4, -0.2) is 68.6 Å². The molecule has 2 rings (SSSR count). The van der Waals surface area contributed by atoms with Crippen LogP contribution in [0.3, 0.4) is 0 Å². The number of aliphatic hydroxyl groups is 4. The zero-order valence-corrected chi connectivity index (χ0v) is 11.8. The lowest BCUT2D eigenvalue weighted by atomic mass is 9.99. The molecule has 1 aromatic rings. The van der Waals surface area contributed by atoms with Crippen LogP contribution in [0.1, 0.15) is 17.3 Å². The molecular weight excluding hydrogens is 296 g/mol. The van der Waals surface area contributed by atoms with E-state index in [1.807, 2.05) is 0 Å². The number of phenols is 1. The zero-order valence-electron chi connectivity index (χ0n) is 11.8. The molecule has 1 aromatic carbocycles. The molecular formula is C14H18O8. The van der Waals surface area contributed by atoms with Crippen LogP contribution in [0.2, 0.25) is 0 Å². The van der Waals surface area contributed by atoms with Crippen LogP contribution >= 0.6 is 0 Å². The Kier molecular flexibility index (Phi) is 4.99. The molecule has 22 heavy (non-hydrogen) atoms. The number of rotatable bonds is 4. The first-order chi connectivity index (χ1) is 10.3. The van der Waals surface area contributed by atoms with Crippen molar-refractivity contribution in [3.63, 3.8) is 0 Å². The number of hydrogen-bond donors (Lipinski definition) is 5. The van der Waals surface area contributed by atoms with Crippen molar-refractivity contribution in [1.82, 2.24) is 0 Å². The summed E-state index contributed by atoms with van der Waals surface area (Å²) in [7, 11) is 0. The van der Waals surface area contributed by atoms with E-state index in [0.717, 1.165) is 0 Å². The minimum absolute atomic E-state index is 0.0367. The molecule has 0 spiro atoms. The van der Waals surface area contributed by atoms with E-state index in [1.54, 1.807) is 0 Å². The number of aromatic hydroxyl groups is 1. The maximum absolute atomic E-state index is 11.6. The van der Waals surface area contributed by atoms with Crippen molar-refractivity contribution in [3.8, 4) is 11.5 Å². The van der Waals surface area contributed by atoms with Crippen LogP contribution in [0.4, 0.5) is 0 Å². The van der Waals surface area contributed by atoms with Gasteiger partial charge in [0.05, 0.1) is 12.2 Å². The van der Waals surface area contributed by atoms with Crippen LogP contribution in [0.25, 0.3) is 0 Å². The lowest BCUT2D eigenvalue weighted by Crippen LogP contribution is -2.60. The monoisotopic (exact) mass is 314 g/mol. The van der Waals surface area contributed by atoms with Gasteiger partial charge in [0.15, 0.2) is 5.78 Å². The number of aliphatic hydroxyl groups excluding tert-OH is 4. The number of benzene rings is 1. The van der Waals surface area contributed by atoms with Crippen molar-refractivity contribution in [2.24, 2.45) is 0 Å². The Morgan fingerprint density at radius 3 is 2.50 bits per heavy atom. The summed E-state index contributed by atoms with van der Waals surface area (Å²) in [6, 6.07) is 3.79. The first-order valence-corrected chi connectivity index (χ1v) is 6.66. The van der Waals surface area contributed by atoms with Crippen molar-refractivity contribution in [1.29, 1.82) is 0 Å². The van der Waals surface area contributed by atoms with Crippen LogP contribution in [0.15, 0.2) is 18.2 Å². The van der Waals surface area contributed by atoms with Crippen LogP contribution in [-0.2, 0) is 4.74 Å². The molecule has 5 atom stereocenters. The normalized spacial score (nSPS) is 31.8. The second-order valence-corrected chi connectivity index (χ2v) is 5.05. The summed E-state index contributed by atoms with van der Waals surface area (Å²) in [5.74, 6) is -0.475. The van der Waals surface area contributed by atoms with Crippen LogP contribution in [0, 0.1) is 0 Å². The Morgan fingerprint density at radius 1 is 1.23 bits per heavy atom. The molecule has 1 fully saturated rings. The fourth-order valence-electron chi connectivity index (χ4n) is 2.19. The molecule has 0 aromatic heterocycles. The van der Waals surface area contributed by atoms with Gasteiger partial charge in [-0.05, 0) is 25.1 Å². The molecule has 1 aliphatic heterocycles. The van der Waals surface area contributed by atoms with Gasteiger partial charge in [0.25, 0.3) is 0 Å². The molecule has 8 nitrogen and oxygen atoms in total. The van der Waals surface area contributed by atoms with Gasteiger partial charge >= 0.3 is 0 Å². The topological polar surface area (TPSA) is 137 Å². The van der Waals surface area contributed by atoms with Crippen LogP contribution in [0.5, 0.6) is 11.5 Å². The Hall–Kier alpha value is -1.71. The predicted molar refractivity (Wildman–Crippen MR) is 72.5 cm³/mol. The molecule has 8 heteroatoms. The third-order valence-corrected chi connectivity index (χ3v) is 3.43. The minimum Gasteiger partial charge on any atom is -0.508 e. The number of carbonyl (C=O) groups excluding carboxylic acids is 1.